The largest absolute Gasteiger partial charge is 0.416 e. The summed E-state index contributed by atoms with van der Waals surface area (Å²) >= 11 is 0. The Morgan fingerprint density at radius 2 is 2.00 bits per heavy atom. The van der Waals surface area contributed by atoms with Crippen molar-refractivity contribution in [1.29, 1.82) is 0 Å². The Labute approximate surface area is 108 Å². The Hall–Kier alpha value is -1.54. The Balaban J connectivity index is 3.00. The van der Waals surface area contributed by atoms with Crippen molar-refractivity contribution in [3.05, 3.63) is 17.7 Å². The summed E-state index contributed by atoms with van der Waals surface area (Å²) in [5.41, 5.74) is -0.816. The lowest BCUT2D eigenvalue weighted by molar-refractivity contribution is -0.137. The quantitative estimate of drug-likeness (QED) is 0.737. The molecule has 1 aromatic rings. The molecule has 5 nitrogen and oxygen atoms in total. The molecule has 0 aliphatic heterocycles. The first-order valence-electron chi connectivity index (χ1n) is 5.54. The summed E-state index contributed by atoms with van der Waals surface area (Å²) < 4.78 is 42.9. The van der Waals surface area contributed by atoms with Crippen LogP contribution in [0.4, 0.5) is 24.8 Å². The minimum Gasteiger partial charge on any atom is -0.394 e. The van der Waals surface area contributed by atoms with Crippen molar-refractivity contribution in [1.82, 2.24) is 4.98 Å². The van der Waals surface area contributed by atoms with E-state index in [9.17, 15) is 13.2 Å². The van der Waals surface area contributed by atoms with E-state index in [0.717, 1.165) is 12.1 Å². The third-order valence-corrected chi connectivity index (χ3v) is 2.35. The first-order valence-corrected chi connectivity index (χ1v) is 5.54. The van der Waals surface area contributed by atoms with Crippen LogP contribution in [-0.4, -0.2) is 43.5 Å². The number of nitrogens with one attached hydrogen (secondary N) is 2. The molecule has 0 aliphatic carbocycles. The van der Waals surface area contributed by atoms with Crippen molar-refractivity contribution >= 4 is 11.6 Å². The zero-order chi connectivity index (χ0) is 14.5. The molecule has 1 heterocycles. The number of aromatic nitrogens is 1. The van der Waals surface area contributed by atoms with Crippen LogP contribution in [0.5, 0.6) is 0 Å². The van der Waals surface area contributed by atoms with Crippen molar-refractivity contribution in [2.45, 2.75) is 12.2 Å². The Bertz CT molecular complexity index is 413. The molecular formula is C11H16F3N3O2. The number of nitrogens with zero attached hydrogens (tertiary/aromatic N) is 1. The maximum Gasteiger partial charge on any atom is 0.416 e. The second-order valence-electron chi connectivity index (χ2n) is 3.85. The number of hydrogen-bond donors (Lipinski definition) is 3. The second-order valence-corrected chi connectivity index (χ2v) is 3.85. The monoisotopic (exact) mass is 279 g/mol. The van der Waals surface area contributed by atoms with Crippen LogP contribution in [0.2, 0.25) is 0 Å². The summed E-state index contributed by atoms with van der Waals surface area (Å²) in [6.45, 7) is -0.121. The molecule has 108 valence electrons. The van der Waals surface area contributed by atoms with Gasteiger partial charge in [-0.15, -0.1) is 0 Å². The van der Waals surface area contributed by atoms with Crippen LogP contribution in [0.15, 0.2) is 12.1 Å². The van der Waals surface area contributed by atoms with E-state index < -0.39 is 17.8 Å². The molecular weight excluding hydrogens is 263 g/mol. The van der Waals surface area contributed by atoms with Gasteiger partial charge in [-0.3, -0.25) is 0 Å². The molecule has 0 amide bonds. The lowest BCUT2D eigenvalue weighted by atomic mass is 10.2. The Morgan fingerprint density at radius 3 is 2.47 bits per heavy atom. The molecule has 0 spiro atoms. The number of alkyl halides is 3. The van der Waals surface area contributed by atoms with Gasteiger partial charge in [0, 0.05) is 14.2 Å². The highest BCUT2D eigenvalue weighted by molar-refractivity contribution is 5.50. The number of hydrogen-bond acceptors (Lipinski definition) is 5. The Kier molecular flexibility index (Phi) is 5.37. The lowest BCUT2D eigenvalue weighted by Crippen LogP contribution is -2.29. The van der Waals surface area contributed by atoms with Crippen LogP contribution in [0.3, 0.4) is 0 Å². The lowest BCUT2D eigenvalue weighted by Gasteiger charge is -2.18. The van der Waals surface area contributed by atoms with Gasteiger partial charge < -0.3 is 20.5 Å². The first kappa shape index (κ1) is 15.5. The van der Waals surface area contributed by atoms with E-state index in [1.165, 1.54) is 14.2 Å². The standard InChI is InChI=1S/C11H16F3N3O2/c1-15-9-3-7(11(12,13)14)4-10(17-9)16-8(5-18)6-19-2/h3-4,8,18H,5-6H2,1-2H3,(H2,15,16,17). The van der Waals surface area contributed by atoms with E-state index in [2.05, 4.69) is 15.6 Å². The minimum absolute atomic E-state index is 0.0234. The predicted octanol–water partition coefficient (Wildman–Crippen LogP) is 1.56. The third kappa shape index (κ3) is 4.56. The molecule has 0 saturated carbocycles. The van der Waals surface area contributed by atoms with Gasteiger partial charge in [0.25, 0.3) is 0 Å². The summed E-state index contributed by atoms with van der Waals surface area (Å²) in [7, 11) is 2.91. The van der Waals surface area contributed by atoms with Gasteiger partial charge in [0.2, 0.25) is 0 Å². The summed E-state index contributed by atoms with van der Waals surface area (Å²) in [4.78, 5) is 3.95. The van der Waals surface area contributed by atoms with Crippen molar-refractivity contribution in [2.24, 2.45) is 0 Å². The van der Waals surface area contributed by atoms with Gasteiger partial charge >= 0.3 is 6.18 Å². The number of pyridine rings is 1. The highest BCUT2D eigenvalue weighted by atomic mass is 19.4. The number of aliphatic hydroxyl groups is 1. The van der Waals surface area contributed by atoms with Crippen LogP contribution in [0.1, 0.15) is 5.56 Å². The number of anilines is 2. The van der Waals surface area contributed by atoms with Gasteiger partial charge in [0.1, 0.15) is 11.6 Å². The average molecular weight is 279 g/mol. The van der Waals surface area contributed by atoms with Crippen LogP contribution >= 0.6 is 0 Å². The fourth-order valence-electron chi connectivity index (χ4n) is 1.45. The van der Waals surface area contributed by atoms with Gasteiger partial charge in [0.15, 0.2) is 0 Å². The summed E-state index contributed by atoms with van der Waals surface area (Å²) in [5.74, 6) is 0.113. The maximum absolute atomic E-state index is 12.7. The Morgan fingerprint density at radius 1 is 1.37 bits per heavy atom. The van der Waals surface area contributed by atoms with Crippen molar-refractivity contribution in [3.63, 3.8) is 0 Å². The molecule has 0 bridgehead atoms. The minimum atomic E-state index is -4.46. The molecule has 0 aliphatic rings. The van der Waals surface area contributed by atoms with Crippen molar-refractivity contribution in [2.75, 3.05) is 38.0 Å². The molecule has 0 saturated heterocycles. The number of aliphatic hydroxyl groups excluding tert-OH is 1. The molecule has 1 atom stereocenters. The van der Waals surface area contributed by atoms with Crippen molar-refractivity contribution in [3.8, 4) is 0 Å². The van der Waals surface area contributed by atoms with E-state index in [-0.39, 0.29) is 24.8 Å². The zero-order valence-corrected chi connectivity index (χ0v) is 10.6. The SMILES string of the molecule is CNc1cc(C(F)(F)F)cc(NC(CO)COC)n1. The van der Waals surface area contributed by atoms with Crippen LogP contribution in [0, 0.1) is 0 Å². The average Bonchev–Trinajstić information content (AvgIpc) is 2.36. The summed E-state index contributed by atoms with van der Waals surface area (Å²) in [6.07, 6.45) is -4.46. The molecule has 3 N–H and O–H groups in total. The summed E-state index contributed by atoms with van der Waals surface area (Å²) in [5, 5.41) is 14.3. The van der Waals surface area contributed by atoms with Gasteiger partial charge in [-0.05, 0) is 12.1 Å². The highest BCUT2D eigenvalue weighted by Crippen LogP contribution is 2.32. The topological polar surface area (TPSA) is 66.4 Å². The molecule has 1 aromatic heterocycles. The summed E-state index contributed by atoms with van der Waals surface area (Å²) in [6, 6.07) is 1.28. The normalized spacial score (nSPS) is 13.2. The van der Waals surface area contributed by atoms with E-state index in [4.69, 9.17) is 9.84 Å². The maximum atomic E-state index is 12.7. The van der Waals surface area contributed by atoms with E-state index >= 15 is 0 Å². The number of rotatable bonds is 6. The van der Waals surface area contributed by atoms with Gasteiger partial charge in [0.05, 0.1) is 24.8 Å². The van der Waals surface area contributed by atoms with E-state index in [1.54, 1.807) is 0 Å². The second kappa shape index (κ2) is 6.58. The molecule has 19 heavy (non-hydrogen) atoms. The van der Waals surface area contributed by atoms with Crippen LogP contribution < -0.4 is 10.6 Å². The molecule has 0 fully saturated rings. The molecule has 1 rings (SSSR count). The number of halogens is 3. The van der Waals surface area contributed by atoms with Gasteiger partial charge in [-0.2, -0.15) is 13.2 Å². The van der Waals surface area contributed by atoms with Crippen LogP contribution in [-0.2, 0) is 10.9 Å². The smallest absolute Gasteiger partial charge is 0.394 e. The highest BCUT2D eigenvalue weighted by Gasteiger charge is 2.31. The molecule has 0 radical (unpaired) electrons. The first-order chi connectivity index (χ1) is 8.90. The fraction of sp³-hybridized carbons (Fsp3) is 0.545. The third-order valence-electron chi connectivity index (χ3n) is 2.35. The van der Waals surface area contributed by atoms with E-state index in [0.29, 0.717) is 0 Å². The molecule has 0 aromatic carbocycles. The van der Waals surface area contributed by atoms with Crippen molar-refractivity contribution < 1.29 is 23.0 Å². The number of methoxy groups -OCH3 is 1. The molecule has 1 unspecified atom stereocenters. The van der Waals surface area contributed by atoms with Gasteiger partial charge in [-0.25, -0.2) is 4.98 Å². The zero-order valence-electron chi connectivity index (χ0n) is 10.6. The van der Waals surface area contributed by atoms with E-state index in [1.807, 2.05) is 0 Å². The fourth-order valence-corrected chi connectivity index (χ4v) is 1.45. The molecule has 8 heteroatoms. The number of ether oxygens (including phenoxy) is 1. The predicted molar refractivity (Wildman–Crippen MR) is 65.2 cm³/mol. The van der Waals surface area contributed by atoms with Gasteiger partial charge in [-0.1, -0.05) is 0 Å². The van der Waals surface area contributed by atoms with Crippen LogP contribution in [0.25, 0.3) is 0 Å².